The fraction of sp³-hybridized carbons (Fsp3) is 0.438. The fourth-order valence-corrected chi connectivity index (χ4v) is 2.89. The monoisotopic (exact) mass is 301 g/mol. The molecule has 0 spiro atoms. The van der Waals surface area contributed by atoms with Gasteiger partial charge < -0.3 is 14.5 Å². The molecule has 0 radical (unpaired) electrons. The Labute approximate surface area is 128 Å². The van der Waals surface area contributed by atoms with E-state index in [2.05, 4.69) is 10.1 Å². The van der Waals surface area contributed by atoms with Crippen molar-refractivity contribution in [2.75, 3.05) is 13.1 Å². The third-order valence-corrected chi connectivity index (χ3v) is 4.25. The van der Waals surface area contributed by atoms with E-state index in [9.17, 15) is 9.90 Å². The van der Waals surface area contributed by atoms with Crippen molar-refractivity contribution in [1.29, 1.82) is 0 Å². The molecule has 1 amide bonds. The summed E-state index contributed by atoms with van der Waals surface area (Å²) in [4.78, 5) is 18.4. The quantitative estimate of drug-likeness (QED) is 0.937. The molecule has 2 aromatic heterocycles. The zero-order valence-corrected chi connectivity index (χ0v) is 12.5. The molecule has 1 N–H and O–H groups in total. The maximum absolute atomic E-state index is 12.4. The summed E-state index contributed by atoms with van der Waals surface area (Å²) >= 11 is 0. The molecule has 0 saturated carbocycles. The Balaban J connectivity index is 1.61. The van der Waals surface area contributed by atoms with Crippen LogP contribution in [0.1, 0.15) is 40.8 Å². The van der Waals surface area contributed by atoms with Crippen molar-refractivity contribution >= 4 is 5.91 Å². The summed E-state index contributed by atoms with van der Waals surface area (Å²) in [6, 6.07) is 5.54. The molecule has 1 saturated heterocycles. The molecule has 6 nitrogen and oxygen atoms in total. The van der Waals surface area contributed by atoms with E-state index in [-0.39, 0.29) is 11.8 Å². The number of aliphatic hydroxyl groups is 1. The van der Waals surface area contributed by atoms with Gasteiger partial charge in [-0.3, -0.25) is 9.78 Å². The molecule has 22 heavy (non-hydrogen) atoms. The third-order valence-electron chi connectivity index (χ3n) is 4.25. The number of aliphatic hydroxyl groups excluding tert-OH is 1. The van der Waals surface area contributed by atoms with E-state index in [0.29, 0.717) is 30.1 Å². The largest absolute Gasteiger partial charge is 0.387 e. The highest BCUT2D eigenvalue weighted by atomic mass is 16.5. The number of hydrogen-bond donors (Lipinski definition) is 1. The Morgan fingerprint density at radius 2 is 2.18 bits per heavy atom. The van der Waals surface area contributed by atoms with Gasteiger partial charge in [-0.25, -0.2) is 0 Å². The Bertz CT molecular complexity index is 633. The summed E-state index contributed by atoms with van der Waals surface area (Å²) in [5.74, 6) is 0.618. The fourth-order valence-electron chi connectivity index (χ4n) is 2.89. The molecular formula is C16H19N3O3. The van der Waals surface area contributed by atoms with Crippen LogP contribution in [0.3, 0.4) is 0 Å². The van der Waals surface area contributed by atoms with Gasteiger partial charge in [0.1, 0.15) is 11.3 Å². The normalized spacial score (nSPS) is 17.5. The van der Waals surface area contributed by atoms with Gasteiger partial charge in [0, 0.05) is 19.3 Å². The number of carbonyl (C=O) groups excluding carboxylic acids is 1. The van der Waals surface area contributed by atoms with Gasteiger partial charge in [-0.2, -0.15) is 0 Å². The van der Waals surface area contributed by atoms with E-state index in [1.54, 1.807) is 18.0 Å². The number of rotatable bonds is 3. The van der Waals surface area contributed by atoms with E-state index in [4.69, 9.17) is 4.52 Å². The number of nitrogens with zero attached hydrogens (tertiary/aromatic N) is 3. The molecule has 3 rings (SSSR count). The van der Waals surface area contributed by atoms with Crippen LogP contribution in [-0.2, 0) is 0 Å². The van der Waals surface area contributed by atoms with E-state index in [0.717, 1.165) is 12.8 Å². The third kappa shape index (κ3) is 2.87. The molecule has 0 aromatic carbocycles. The molecule has 2 aromatic rings. The summed E-state index contributed by atoms with van der Waals surface area (Å²) in [6.07, 6.45) is 4.09. The van der Waals surface area contributed by atoms with Crippen LogP contribution in [-0.4, -0.2) is 39.1 Å². The number of amides is 1. The minimum atomic E-state index is -0.573. The number of pyridine rings is 1. The second-order valence-electron chi connectivity index (χ2n) is 5.62. The van der Waals surface area contributed by atoms with Crippen LogP contribution in [0.25, 0.3) is 0 Å². The predicted octanol–water partition coefficient (Wildman–Crippen LogP) is 1.96. The van der Waals surface area contributed by atoms with Crippen molar-refractivity contribution in [1.82, 2.24) is 15.0 Å². The van der Waals surface area contributed by atoms with Crippen LogP contribution in [0.15, 0.2) is 35.1 Å². The highest BCUT2D eigenvalue weighted by molar-refractivity contribution is 5.94. The Kier molecular flexibility index (Phi) is 4.20. The van der Waals surface area contributed by atoms with Gasteiger partial charge in [0.2, 0.25) is 0 Å². The summed E-state index contributed by atoms with van der Waals surface area (Å²) in [6.45, 7) is 2.98. The smallest absolute Gasteiger partial charge is 0.259 e. The lowest BCUT2D eigenvalue weighted by atomic mass is 9.89. The molecular weight excluding hydrogens is 282 g/mol. The van der Waals surface area contributed by atoms with Crippen LogP contribution in [0.2, 0.25) is 0 Å². The van der Waals surface area contributed by atoms with Crippen LogP contribution in [0.5, 0.6) is 0 Å². The number of piperidine rings is 1. The topological polar surface area (TPSA) is 79.5 Å². The number of aromatic nitrogens is 2. The zero-order valence-electron chi connectivity index (χ0n) is 12.5. The number of aryl methyl sites for hydroxylation is 1. The van der Waals surface area contributed by atoms with E-state index in [1.807, 2.05) is 18.2 Å². The molecule has 0 bridgehead atoms. The molecule has 1 aliphatic heterocycles. The van der Waals surface area contributed by atoms with Gasteiger partial charge >= 0.3 is 0 Å². The van der Waals surface area contributed by atoms with Crippen LogP contribution in [0.4, 0.5) is 0 Å². The molecule has 1 unspecified atom stereocenters. The predicted molar refractivity (Wildman–Crippen MR) is 79.1 cm³/mol. The molecule has 1 atom stereocenters. The van der Waals surface area contributed by atoms with Gasteiger partial charge in [-0.1, -0.05) is 11.2 Å². The Morgan fingerprint density at radius 1 is 1.41 bits per heavy atom. The van der Waals surface area contributed by atoms with Crippen LogP contribution >= 0.6 is 0 Å². The van der Waals surface area contributed by atoms with E-state index < -0.39 is 6.10 Å². The van der Waals surface area contributed by atoms with E-state index >= 15 is 0 Å². The summed E-state index contributed by atoms with van der Waals surface area (Å²) in [5.41, 5.74) is 1.21. The van der Waals surface area contributed by atoms with Gasteiger partial charge in [-0.15, -0.1) is 0 Å². The lowest BCUT2D eigenvalue weighted by Gasteiger charge is -2.33. The molecule has 1 aliphatic rings. The van der Waals surface area contributed by atoms with Gasteiger partial charge in [0.25, 0.3) is 5.91 Å². The number of likely N-dealkylation sites (tertiary alicyclic amines) is 1. The molecule has 3 heterocycles. The van der Waals surface area contributed by atoms with Crippen LogP contribution in [0, 0.1) is 12.8 Å². The van der Waals surface area contributed by atoms with Crippen molar-refractivity contribution in [2.45, 2.75) is 25.9 Å². The van der Waals surface area contributed by atoms with Gasteiger partial charge in [-0.05, 0) is 37.8 Å². The Hall–Kier alpha value is -2.21. The van der Waals surface area contributed by atoms with Crippen molar-refractivity contribution in [2.24, 2.45) is 5.92 Å². The minimum Gasteiger partial charge on any atom is -0.387 e. The van der Waals surface area contributed by atoms with Crippen molar-refractivity contribution < 1.29 is 14.4 Å². The lowest BCUT2D eigenvalue weighted by molar-refractivity contribution is 0.0446. The first-order valence-corrected chi connectivity index (χ1v) is 7.46. The second-order valence-corrected chi connectivity index (χ2v) is 5.62. The lowest BCUT2D eigenvalue weighted by Crippen LogP contribution is -2.40. The number of hydrogen-bond acceptors (Lipinski definition) is 5. The summed E-state index contributed by atoms with van der Waals surface area (Å²) in [5, 5.41) is 14.1. The SMILES string of the molecule is Cc1oncc1C(=O)N1CCC(C(O)c2ccccn2)CC1. The molecule has 6 heteroatoms. The maximum Gasteiger partial charge on any atom is 0.259 e. The average molecular weight is 301 g/mol. The van der Waals surface area contributed by atoms with Gasteiger partial charge in [0.15, 0.2) is 0 Å². The summed E-state index contributed by atoms with van der Waals surface area (Å²) in [7, 11) is 0. The standard InChI is InChI=1S/C16H19N3O3/c1-11-13(10-18-22-11)16(21)19-8-5-12(6-9-19)15(20)14-4-2-3-7-17-14/h2-4,7,10,12,15,20H,5-6,8-9H2,1H3. The molecule has 116 valence electrons. The van der Waals surface area contributed by atoms with Crippen molar-refractivity contribution in [3.63, 3.8) is 0 Å². The van der Waals surface area contributed by atoms with Crippen molar-refractivity contribution in [3.8, 4) is 0 Å². The number of carbonyl (C=O) groups is 1. The maximum atomic E-state index is 12.4. The van der Waals surface area contributed by atoms with Crippen LogP contribution < -0.4 is 0 Å². The molecule has 0 aliphatic carbocycles. The van der Waals surface area contributed by atoms with Gasteiger partial charge in [0.05, 0.1) is 18.0 Å². The van der Waals surface area contributed by atoms with E-state index in [1.165, 1.54) is 6.20 Å². The zero-order chi connectivity index (χ0) is 15.5. The average Bonchev–Trinajstić information content (AvgIpc) is 3.00. The first-order valence-electron chi connectivity index (χ1n) is 7.46. The highest BCUT2D eigenvalue weighted by Gasteiger charge is 2.30. The summed E-state index contributed by atoms with van der Waals surface area (Å²) < 4.78 is 4.95. The first kappa shape index (κ1) is 14.7. The minimum absolute atomic E-state index is 0.0514. The highest BCUT2D eigenvalue weighted by Crippen LogP contribution is 2.30. The first-order chi connectivity index (χ1) is 10.7. The molecule has 1 fully saturated rings. The van der Waals surface area contributed by atoms with Crippen molar-refractivity contribution in [3.05, 3.63) is 47.6 Å². The second kappa shape index (κ2) is 6.27. The Morgan fingerprint density at radius 3 is 2.77 bits per heavy atom.